The van der Waals surface area contributed by atoms with Crippen molar-refractivity contribution < 1.29 is 24.2 Å². The molecule has 2 heteroatoms. The average molecular weight is 674 g/mol. The van der Waals surface area contributed by atoms with Crippen molar-refractivity contribution in [3.05, 3.63) is 130 Å². The van der Waals surface area contributed by atoms with Crippen LogP contribution in [0.25, 0.3) is 21.9 Å². The SMILES string of the molecule is CC(C)(C)c1c[c-]c2c(c1)-c1cc(C(C)(C)C)ccc1C2.CC1=[C-]C(C)C=C1[Si](C)(C)C.[Zr+2]=[CH]c1cccc2ccccc12. The summed E-state index contributed by atoms with van der Waals surface area (Å²) in [6.07, 6.45) is 6.84. The van der Waals surface area contributed by atoms with Gasteiger partial charge in [-0.3, -0.25) is 6.08 Å². The topological polar surface area (TPSA) is 0 Å². The van der Waals surface area contributed by atoms with Crippen molar-refractivity contribution in [3.63, 3.8) is 0 Å². The van der Waals surface area contributed by atoms with E-state index in [1.54, 1.807) is 5.20 Å². The van der Waals surface area contributed by atoms with Crippen LogP contribution >= 0.6 is 0 Å². The predicted molar refractivity (Wildman–Crippen MR) is 193 cm³/mol. The summed E-state index contributed by atoms with van der Waals surface area (Å²) < 4.78 is 2.23. The molecule has 0 aliphatic heterocycles. The first kappa shape index (κ1) is 34.5. The molecular weight excluding hydrogens is 624 g/mol. The maximum absolute atomic E-state index is 3.53. The Morgan fingerprint density at radius 2 is 1.45 bits per heavy atom. The molecule has 0 saturated heterocycles. The van der Waals surface area contributed by atoms with E-state index in [0.717, 1.165) is 6.42 Å². The van der Waals surface area contributed by atoms with Crippen LogP contribution in [0.4, 0.5) is 0 Å². The van der Waals surface area contributed by atoms with Crippen LogP contribution in [0, 0.1) is 18.1 Å². The van der Waals surface area contributed by atoms with Crippen LogP contribution in [-0.2, 0) is 41.5 Å². The predicted octanol–water partition coefficient (Wildman–Crippen LogP) is 11.4. The monoisotopic (exact) mass is 672 g/mol. The van der Waals surface area contributed by atoms with E-state index < -0.39 is 8.07 Å². The normalized spacial score (nSPS) is 15.7. The van der Waals surface area contributed by atoms with Gasteiger partial charge in [-0.2, -0.15) is 35.4 Å². The molecule has 6 rings (SSSR count). The van der Waals surface area contributed by atoms with E-state index in [2.05, 4.69) is 170 Å². The molecule has 2 aliphatic carbocycles. The van der Waals surface area contributed by atoms with Crippen molar-refractivity contribution in [2.45, 2.75) is 92.3 Å². The Kier molecular flexibility index (Phi) is 10.6. The molecule has 0 radical (unpaired) electrons. The zero-order valence-corrected chi connectivity index (χ0v) is 32.3. The van der Waals surface area contributed by atoms with Gasteiger partial charge >= 0.3 is 86.7 Å². The Morgan fingerprint density at radius 1 is 0.818 bits per heavy atom. The van der Waals surface area contributed by atoms with Crippen molar-refractivity contribution in [1.82, 2.24) is 0 Å². The summed E-state index contributed by atoms with van der Waals surface area (Å²) in [6, 6.07) is 30.0. The van der Waals surface area contributed by atoms with Crippen LogP contribution in [0.1, 0.15) is 83.2 Å². The molecule has 4 aromatic carbocycles. The van der Waals surface area contributed by atoms with Crippen molar-refractivity contribution >= 4 is 22.6 Å². The van der Waals surface area contributed by atoms with Gasteiger partial charge < -0.3 is 0 Å². The van der Waals surface area contributed by atoms with Gasteiger partial charge in [0.2, 0.25) is 0 Å². The number of hydrogen-bond donors (Lipinski definition) is 0. The number of benzene rings is 4. The second-order valence-electron chi connectivity index (χ2n) is 15.4. The number of rotatable bonds is 2. The van der Waals surface area contributed by atoms with Gasteiger partial charge in [0.25, 0.3) is 0 Å². The molecule has 226 valence electrons. The number of allylic oxidation sites excluding steroid dienone is 4. The van der Waals surface area contributed by atoms with Crippen molar-refractivity contribution in [1.29, 1.82) is 0 Å². The third-order valence-corrected chi connectivity index (χ3v) is 11.5. The molecule has 4 aromatic rings. The second kappa shape index (κ2) is 13.5. The van der Waals surface area contributed by atoms with E-state index in [1.807, 2.05) is 0 Å². The Morgan fingerprint density at radius 3 is 2.02 bits per heavy atom. The summed E-state index contributed by atoms with van der Waals surface area (Å²) in [4.78, 5) is 0. The summed E-state index contributed by atoms with van der Waals surface area (Å²) in [7, 11) is -1.07. The first-order valence-corrected chi connectivity index (χ1v) is 20.9. The zero-order valence-electron chi connectivity index (χ0n) is 28.9. The van der Waals surface area contributed by atoms with Gasteiger partial charge in [-0.1, -0.05) is 116 Å². The molecule has 1 unspecified atom stereocenters. The number of hydrogen-bond acceptors (Lipinski definition) is 0. The van der Waals surface area contributed by atoms with Crippen LogP contribution in [0.2, 0.25) is 19.6 Å². The third-order valence-electron chi connectivity index (χ3n) is 8.58. The van der Waals surface area contributed by atoms with Crippen molar-refractivity contribution in [3.8, 4) is 11.1 Å². The molecule has 1 atom stereocenters. The Bertz CT molecular complexity index is 1650. The maximum atomic E-state index is 3.53. The van der Waals surface area contributed by atoms with Gasteiger partial charge in [-0.05, 0) is 25.5 Å². The Balaban J connectivity index is 0.000000164. The fourth-order valence-electron chi connectivity index (χ4n) is 6.01. The van der Waals surface area contributed by atoms with Gasteiger partial charge in [0.1, 0.15) is 0 Å². The van der Waals surface area contributed by atoms with Crippen LogP contribution in [0.3, 0.4) is 0 Å². The molecule has 0 spiro atoms. The van der Waals surface area contributed by atoms with Gasteiger partial charge in [0.05, 0.1) is 0 Å². The van der Waals surface area contributed by atoms with E-state index in [-0.39, 0.29) is 10.8 Å². The molecule has 44 heavy (non-hydrogen) atoms. The van der Waals surface area contributed by atoms with Crippen molar-refractivity contribution in [2.75, 3.05) is 0 Å². The molecule has 0 fully saturated rings. The van der Waals surface area contributed by atoms with Gasteiger partial charge in [-0.25, -0.2) is 10.8 Å². The summed E-state index contributed by atoms with van der Waals surface area (Å²) in [5.74, 6) is 0.553. The molecule has 0 heterocycles. The first-order valence-electron chi connectivity index (χ1n) is 16.0. The van der Waals surface area contributed by atoms with E-state index in [1.165, 1.54) is 79.5 Å². The fraction of sp³-hybridized carbons (Fsp3) is 0.357. The molecule has 0 saturated carbocycles. The van der Waals surface area contributed by atoms with E-state index in [4.69, 9.17) is 0 Å². The molecule has 0 amide bonds. The molecule has 0 N–H and O–H groups in total. The van der Waals surface area contributed by atoms with E-state index in [0.29, 0.717) is 5.92 Å². The standard InChI is InChI=1S/C21H25.C11H8.C10H17Si.Zr/c1-20(2,3)16-9-7-14-11-15-8-10-17(21(4,5)6)13-19(15)18(14)12-16;1-9-5-4-7-10-6-2-3-8-11(9)10;1-8-6-9(2)10(7-8)11(3,4)5;/h7,9-10,12-13H,11H2,1-6H3;1-8H;7-8H,1-5H3;/q-1;;-1;+2. The molecule has 2 aliphatic rings. The van der Waals surface area contributed by atoms with Crippen molar-refractivity contribution in [2.24, 2.45) is 5.92 Å². The fourth-order valence-corrected chi connectivity index (χ4v) is 8.58. The minimum atomic E-state index is -1.07. The second-order valence-corrected chi connectivity index (χ2v) is 21.2. The van der Waals surface area contributed by atoms with Crippen LogP contribution in [0.15, 0.2) is 89.6 Å². The van der Waals surface area contributed by atoms with Crippen LogP contribution in [-0.4, -0.2) is 11.8 Å². The third kappa shape index (κ3) is 8.24. The first-order chi connectivity index (χ1) is 20.5. The summed E-state index contributed by atoms with van der Waals surface area (Å²) >= 11 is 1.46. The molecule has 0 bridgehead atoms. The van der Waals surface area contributed by atoms with E-state index in [9.17, 15) is 0 Å². The Labute approximate surface area is 284 Å². The van der Waals surface area contributed by atoms with Crippen LogP contribution in [0.5, 0.6) is 0 Å². The number of fused-ring (bicyclic) bond motifs is 4. The van der Waals surface area contributed by atoms with E-state index >= 15 is 0 Å². The minimum absolute atomic E-state index is 0.177. The molecule has 0 aromatic heterocycles. The quantitative estimate of drug-likeness (QED) is 0.129. The van der Waals surface area contributed by atoms with Gasteiger partial charge in [0, 0.05) is 0 Å². The summed E-state index contributed by atoms with van der Waals surface area (Å²) in [6.45, 7) is 25.2. The van der Waals surface area contributed by atoms with Gasteiger partial charge in [-0.15, -0.1) is 5.56 Å². The molecular formula is C42H50SiZr. The Hall–Kier alpha value is -2.41. The summed E-state index contributed by atoms with van der Waals surface area (Å²) in [5, 5.41) is 4.29. The van der Waals surface area contributed by atoms with Gasteiger partial charge in [0.15, 0.2) is 0 Å². The summed E-state index contributed by atoms with van der Waals surface area (Å²) in [5.41, 5.74) is 11.5. The van der Waals surface area contributed by atoms with Crippen LogP contribution < -0.4 is 0 Å². The molecule has 0 nitrogen and oxygen atoms in total. The zero-order chi connectivity index (χ0) is 32.4. The average Bonchev–Trinajstić information content (AvgIpc) is 3.50.